The van der Waals surface area contributed by atoms with Crippen LogP contribution in [0.3, 0.4) is 0 Å². The molecule has 1 heterocycles. The van der Waals surface area contributed by atoms with E-state index in [2.05, 4.69) is 5.32 Å². The van der Waals surface area contributed by atoms with E-state index in [0.717, 1.165) is 18.6 Å². The van der Waals surface area contributed by atoms with Crippen LogP contribution in [-0.4, -0.2) is 50.3 Å². The van der Waals surface area contributed by atoms with Crippen molar-refractivity contribution in [3.63, 3.8) is 0 Å². The van der Waals surface area contributed by atoms with Gasteiger partial charge in [-0.15, -0.1) is 0 Å². The molecule has 2 aromatic rings. The van der Waals surface area contributed by atoms with Gasteiger partial charge in [-0.2, -0.15) is 0 Å². The number of imide groups is 1. The molecule has 1 aliphatic heterocycles. The van der Waals surface area contributed by atoms with Gasteiger partial charge in [0.15, 0.2) is 0 Å². The summed E-state index contributed by atoms with van der Waals surface area (Å²) in [5.41, 5.74) is 4.31. The zero-order chi connectivity index (χ0) is 22.4. The molecule has 0 saturated carbocycles. The smallest absolute Gasteiger partial charge is 0.744 e. The average molecular weight is 534 g/mol. The summed E-state index contributed by atoms with van der Waals surface area (Å²) in [4.78, 5) is 22.9. The molecule has 2 amide bonds. The van der Waals surface area contributed by atoms with E-state index in [1.54, 1.807) is 5.32 Å². The fourth-order valence-electron chi connectivity index (χ4n) is 3.44. The van der Waals surface area contributed by atoms with Crippen LogP contribution in [0, 0.1) is 0 Å². The van der Waals surface area contributed by atoms with E-state index < -0.39 is 58.4 Å². The van der Waals surface area contributed by atoms with Gasteiger partial charge in [0, 0.05) is 18.0 Å². The van der Waals surface area contributed by atoms with E-state index >= 15 is 0 Å². The molecule has 0 fully saturated rings. The molecule has 162 valence electrons. The van der Waals surface area contributed by atoms with E-state index in [4.69, 9.17) is 5.73 Å². The third-order valence-electron chi connectivity index (χ3n) is 4.64. The molecule has 0 bridgehead atoms. The number of hydrogen-bond donors (Lipinski definition) is 3. The third kappa shape index (κ3) is 6.27. The van der Waals surface area contributed by atoms with Crippen molar-refractivity contribution in [2.45, 2.75) is 35.6 Å². The third-order valence-corrected chi connectivity index (χ3v) is 6.44. The maximum atomic E-state index is 12.5. The van der Waals surface area contributed by atoms with Crippen LogP contribution in [0.4, 0.5) is 5.69 Å². The van der Waals surface area contributed by atoms with Crippen molar-refractivity contribution in [2.75, 3.05) is 11.9 Å². The van der Waals surface area contributed by atoms with Crippen molar-refractivity contribution in [2.24, 2.45) is 5.73 Å². The van der Waals surface area contributed by atoms with Gasteiger partial charge >= 0.3 is 103 Å². The summed E-state index contributed by atoms with van der Waals surface area (Å²) in [6.45, 7) is 1.99. The summed E-state index contributed by atoms with van der Waals surface area (Å²) in [6.07, 6.45) is 1.37. The topological polar surface area (TPSA) is 199 Å². The zero-order valence-electron chi connectivity index (χ0n) is 17.6. The summed E-state index contributed by atoms with van der Waals surface area (Å²) in [6, 6.07) is 2.86. The summed E-state index contributed by atoms with van der Waals surface area (Å²) in [5, 5.41) is 4.24. The van der Waals surface area contributed by atoms with Crippen LogP contribution in [-0.2, 0) is 20.2 Å². The Morgan fingerprint density at radius 1 is 1.03 bits per heavy atom. The minimum absolute atomic E-state index is 0. The molecule has 32 heavy (non-hydrogen) atoms. The molecule has 11 nitrogen and oxygen atoms in total. The van der Waals surface area contributed by atoms with E-state index in [-0.39, 0.29) is 126 Å². The number of carbonyl (C=O) groups is 2. The predicted molar refractivity (Wildman–Crippen MR) is 103 cm³/mol. The van der Waals surface area contributed by atoms with Gasteiger partial charge < -0.3 is 20.2 Å². The molecule has 2 aromatic carbocycles. The molecular formula is C17H17K2N3O8S2. The molecule has 1 unspecified atom stereocenters. The standard InChI is InChI=1S/C17H19N3O8S2.2K/c1-2-3-9(18)7-19-10-6-8-4-5-11(29(23,24)25)13-12(8)14(15(10)30(26,27)28)17(22)20-16(13)21;;/h4-6,9,19H,2-3,7,18H2,1H3,(H,20,21,22)(H,23,24,25)(H,26,27,28);;/q;2*+1/p-2. The number of nitrogens with two attached hydrogens (primary N) is 1. The molecule has 4 N–H and O–H groups in total. The van der Waals surface area contributed by atoms with Gasteiger partial charge in [0.25, 0.3) is 11.8 Å². The first-order valence-electron chi connectivity index (χ1n) is 8.77. The Kier molecular flexibility index (Phi) is 11.2. The van der Waals surface area contributed by atoms with E-state index in [1.807, 2.05) is 6.92 Å². The van der Waals surface area contributed by atoms with E-state index in [0.29, 0.717) is 6.42 Å². The Labute approximate surface area is 270 Å². The van der Waals surface area contributed by atoms with Crippen molar-refractivity contribution >= 4 is 48.5 Å². The molecule has 0 saturated heterocycles. The van der Waals surface area contributed by atoms with Gasteiger partial charge in [-0.3, -0.25) is 14.9 Å². The van der Waals surface area contributed by atoms with Crippen molar-refractivity contribution in [3.05, 3.63) is 29.3 Å². The van der Waals surface area contributed by atoms with Crippen LogP contribution < -0.4 is 119 Å². The molecule has 0 aliphatic carbocycles. The SMILES string of the molecule is CCCC(N)CNc1cc2ccc(S(=O)(=O)[O-])c3c2c(c1S(=O)(=O)[O-])C(=O)NC3=O.[K+].[K+]. The molecule has 0 aromatic heterocycles. The first-order valence-corrected chi connectivity index (χ1v) is 11.6. The van der Waals surface area contributed by atoms with Crippen molar-refractivity contribution in [3.8, 4) is 0 Å². The van der Waals surface area contributed by atoms with Crippen molar-refractivity contribution in [1.82, 2.24) is 5.32 Å². The first-order chi connectivity index (χ1) is 13.9. The maximum Gasteiger partial charge on any atom is 1.00 e. The number of benzene rings is 2. The second-order valence-electron chi connectivity index (χ2n) is 6.79. The molecule has 1 atom stereocenters. The molecule has 3 rings (SSSR count). The molecular weight excluding hydrogens is 517 g/mol. The number of amides is 2. The quantitative estimate of drug-likeness (QED) is 0.175. The van der Waals surface area contributed by atoms with Crippen molar-refractivity contribution in [1.29, 1.82) is 0 Å². The Balaban J connectivity index is 0.00000256. The zero-order valence-corrected chi connectivity index (χ0v) is 25.5. The van der Waals surface area contributed by atoms with Gasteiger partial charge in [0.2, 0.25) is 0 Å². The Bertz CT molecular complexity index is 1300. The fraction of sp³-hybridized carbons (Fsp3) is 0.294. The summed E-state index contributed by atoms with van der Waals surface area (Å²) in [5.74, 6) is -2.39. The van der Waals surface area contributed by atoms with Crippen LogP contribution in [0.25, 0.3) is 10.8 Å². The van der Waals surface area contributed by atoms with Gasteiger partial charge in [0.1, 0.15) is 20.2 Å². The molecule has 1 aliphatic rings. The first kappa shape index (κ1) is 30.7. The minimum Gasteiger partial charge on any atom is -0.744 e. The number of carbonyl (C=O) groups excluding carboxylic acids is 2. The summed E-state index contributed by atoms with van der Waals surface area (Å²) >= 11 is 0. The van der Waals surface area contributed by atoms with Crippen molar-refractivity contribution < 1.29 is 138 Å². The summed E-state index contributed by atoms with van der Waals surface area (Å²) in [7, 11) is -10.4. The van der Waals surface area contributed by atoms with Crippen LogP contribution in [0.15, 0.2) is 28.0 Å². The normalized spacial score (nSPS) is 14.2. The van der Waals surface area contributed by atoms with E-state index in [1.165, 1.54) is 6.07 Å². The number of hydrogen-bond acceptors (Lipinski definition) is 10. The second-order valence-corrected chi connectivity index (χ2v) is 9.45. The number of anilines is 1. The monoisotopic (exact) mass is 533 g/mol. The second kappa shape index (κ2) is 11.6. The average Bonchev–Trinajstić information content (AvgIpc) is 2.61. The molecule has 15 heteroatoms. The van der Waals surface area contributed by atoms with Gasteiger partial charge in [-0.05, 0) is 23.9 Å². The fourth-order valence-corrected chi connectivity index (χ4v) is 4.97. The van der Waals surface area contributed by atoms with Gasteiger partial charge in [-0.25, -0.2) is 16.8 Å². The van der Waals surface area contributed by atoms with Crippen LogP contribution in [0.2, 0.25) is 0 Å². The summed E-state index contributed by atoms with van der Waals surface area (Å²) < 4.78 is 70.8. The van der Waals surface area contributed by atoms with Crippen LogP contribution in [0.1, 0.15) is 40.5 Å². The number of rotatable bonds is 7. The van der Waals surface area contributed by atoms with E-state index in [9.17, 15) is 35.5 Å². The predicted octanol–water partition coefficient (Wildman–Crippen LogP) is -5.92. The Morgan fingerprint density at radius 3 is 2.16 bits per heavy atom. The largest absolute Gasteiger partial charge is 1.00 e. The van der Waals surface area contributed by atoms with Gasteiger partial charge in [0.05, 0.1) is 26.6 Å². The Hall–Kier alpha value is 0.693. The maximum absolute atomic E-state index is 12.5. The molecule has 0 radical (unpaired) electrons. The van der Waals surface area contributed by atoms with Crippen LogP contribution >= 0.6 is 0 Å². The Morgan fingerprint density at radius 2 is 1.62 bits per heavy atom. The van der Waals surface area contributed by atoms with Gasteiger partial charge in [-0.1, -0.05) is 19.4 Å². The van der Waals surface area contributed by atoms with Crippen LogP contribution in [0.5, 0.6) is 0 Å². The minimum atomic E-state index is -5.26. The molecule has 0 spiro atoms. The number of nitrogens with one attached hydrogen (secondary N) is 2.